The predicted octanol–water partition coefficient (Wildman–Crippen LogP) is 1.89. The third-order valence-corrected chi connectivity index (χ3v) is 0.829. The monoisotopic (exact) mass is 132 g/mol. The fourth-order valence-corrected chi connectivity index (χ4v) is 0.300. The average Bonchev–Trinajstić information content (AvgIpc) is 1.94. The van der Waals surface area contributed by atoms with E-state index in [1.54, 1.807) is 0 Å². The highest BCUT2D eigenvalue weighted by Gasteiger charge is 1.96. The van der Waals surface area contributed by atoms with Crippen LogP contribution >= 0.6 is 0 Å². The maximum Gasteiger partial charge on any atom is 0.0928 e. The lowest BCUT2D eigenvalue weighted by atomic mass is 10.1. The molecule has 0 aromatic carbocycles. The molecule has 0 spiro atoms. The number of hydrogen-bond acceptors (Lipinski definition) is 1. The largest absolute Gasteiger partial charge is 0.385 e. The predicted molar refractivity (Wildman–Crippen MR) is 40.3 cm³/mol. The summed E-state index contributed by atoms with van der Waals surface area (Å²) in [6.45, 7) is -0.575. The van der Waals surface area contributed by atoms with Gasteiger partial charge < -0.3 is 5.11 Å². The molecule has 0 fully saturated rings. The topological polar surface area (TPSA) is 20.2 Å². The standard InChI is InChI=1S/C8H14O/c1-6(2)5-8(9)7(3)4/h5,8-9H,3H2,1-2,4H3/i1D3,2D3. The minimum Gasteiger partial charge on any atom is -0.385 e. The Kier molecular flexibility index (Phi) is 0.995. The summed E-state index contributed by atoms with van der Waals surface area (Å²) < 4.78 is 42.3. The molecule has 0 aromatic rings. The number of hydrogen-bond donors (Lipinski definition) is 1. The van der Waals surface area contributed by atoms with Crippen LogP contribution < -0.4 is 0 Å². The van der Waals surface area contributed by atoms with Gasteiger partial charge in [0.15, 0.2) is 0 Å². The van der Waals surface area contributed by atoms with Gasteiger partial charge in [-0.05, 0) is 26.2 Å². The van der Waals surface area contributed by atoms with Gasteiger partial charge in [0.2, 0.25) is 0 Å². The van der Waals surface area contributed by atoms with Crippen molar-refractivity contribution in [2.45, 2.75) is 26.7 Å². The Bertz CT molecular complexity index is 256. The Morgan fingerprint density at radius 2 is 2.33 bits per heavy atom. The fourth-order valence-electron chi connectivity index (χ4n) is 0.300. The minimum absolute atomic E-state index is 0.293. The van der Waals surface area contributed by atoms with Crippen LogP contribution in [0.25, 0.3) is 0 Å². The Labute approximate surface area is 65.1 Å². The summed E-state index contributed by atoms with van der Waals surface area (Å²) in [7, 11) is 0. The molecule has 1 heteroatoms. The Hall–Kier alpha value is -0.560. The van der Waals surface area contributed by atoms with Crippen LogP contribution in [0.3, 0.4) is 0 Å². The molecule has 0 aromatic heterocycles. The van der Waals surface area contributed by atoms with Crippen LogP contribution in [-0.4, -0.2) is 11.2 Å². The van der Waals surface area contributed by atoms with E-state index >= 15 is 0 Å². The zero-order valence-corrected chi connectivity index (χ0v) is 5.31. The second-order valence-corrected chi connectivity index (χ2v) is 1.87. The van der Waals surface area contributed by atoms with E-state index < -0.39 is 25.4 Å². The number of rotatable bonds is 2. The van der Waals surface area contributed by atoms with Crippen LogP contribution in [0, 0.1) is 0 Å². The van der Waals surface area contributed by atoms with Crippen molar-refractivity contribution >= 4 is 0 Å². The lowest BCUT2D eigenvalue weighted by Crippen LogP contribution is -2.02. The normalized spacial score (nSPS) is 25.1. The maximum atomic E-state index is 9.35. The summed E-state index contributed by atoms with van der Waals surface area (Å²) in [6.07, 6.45) is -0.427. The smallest absolute Gasteiger partial charge is 0.0928 e. The van der Waals surface area contributed by atoms with Gasteiger partial charge in [0.05, 0.1) is 6.10 Å². The Morgan fingerprint density at radius 3 is 2.67 bits per heavy atom. The van der Waals surface area contributed by atoms with E-state index in [0.717, 1.165) is 6.08 Å². The molecular weight excluding hydrogens is 112 g/mol. The van der Waals surface area contributed by atoms with Gasteiger partial charge in [-0.1, -0.05) is 18.2 Å². The lowest BCUT2D eigenvalue weighted by Gasteiger charge is -2.03. The zero-order valence-electron chi connectivity index (χ0n) is 11.3. The SMILES string of the molecule is [2H]C([2H])([2H])C(=CC(O)C(=C)C)C([2H])([2H])[2H]. The highest BCUT2D eigenvalue weighted by Crippen LogP contribution is 2.01. The van der Waals surface area contributed by atoms with Crippen LogP contribution in [0.4, 0.5) is 0 Å². The molecule has 0 aliphatic rings. The van der Waals surface area contributed by atoms with Crippen molar-refractivity contribution in [1.29, 1.82) is 0 Å². The molecule has 0 aliphatic heterocycles. The lowest BCUT2D eigenvalue weighted by molar-refractivity contribution is 0.259. The first-order valence-corrected chi connectivity index (χ1v) is 2.52. The molecule has 1 unspecified atom stereocenters. The van der Waals surface area contributed by atoms with Crippen LogP contribution in [0.1, 0.15) is 28.9 Å². The van der Waals surface area contributed by atoms with Gasteiger partial charge >= 0.3 is 0 Å². The third-order valence-electron chi connectivity index (χ3n) is 0.829. The summed E-state index contributed by atoms with van der Waals surface area (Å²) in [5.74, 6) is 0. The molecule has 9 heavy (non-hydrogen) atoms. The first kappa shape index (κ1) is 2.59. The van der Waals surface area contributed by atoms with Crippen molar-refractivity contribution in [3.05, 3.63) is 23.8 Å². The van der Waals surface area contributed by atoms with Crippen molar-refractivity contribution in [3.8, 4) is 0 Å². The van der Waals surface area contributed by atoms with E-state index in [0.29, 0.717) is 5.57 Å². The van der Waals surface area contributed by atoms with Crippen molar-refractivity contribution < 1.29 is 13.3 Å². The number of aliphatic hydroxyl groups is 1. The van der Waals surface area contributed by atoms with Crippen molar-refractivity contribution in [2.75, 3.05) is 0 Å². The van der Waals surface area contributed by atoms with E-state index in [9.17, 15) is 5.11 Å². The van der Waals surface area contributed by atoms with Gasteiger partial charge in [-0.3, -0.25) is 0 Å². The van der Waals surface area contributed by atoms with E-state index in [1.807, 2.05) is 0 Å². The van der Waals surface area contributed by atoms with Gasteiger partial charge in [0.25, 0.3) is 0 Å². The van der Waals surface area contributed by atoms with Crippen LogP contribution in [0.2, 0.25) is 0 Å². The first-order valence-electron chi connectivity index (χ1n) is 5.52. The summed E-state index contributed by atoms with van der Waals surface area (Å²) in [6, 6.07) is 0. The fraction of sp³-hybridized carbons (Fsp3) is 0.500. The van der Waals surface area contributed by atoms with Crippen LogP contribution in [0.5, 0.6) is 0 Å². The van der Waals surface area contributed by atoms with Gasteiger partial charge in [-0.25, -0.2) is 0 Å². The second-order valence-electron chi connectivity index (χ2n) is 1.87. The highest BCUT2D eigenvalue weighted by molar-refractivity contribution is 5.11. The molecule has 0 amide bonds. The van der Waals surface area contributed by atoms with Gasteiger partial charge in [0, 0.05) is 8.22 Å². The van der Waals surface area contributed by atoms with Gasteiger partial charge in [-0.15, -0.1) is 0 Å². The molecule has 1 nitrogen and oxygen atoms in total. The second kappa shape index (κ2) is 3.46. The summed E-state index contributed by atoms with van der Waals surface area (Å²) in [4.78, 5) is 0. The minimum atomic E-state index is -2.73. The zero-order chi connectivity index (χ0) is 12.4. The Balaban J connectivity index is 5.23. The van der Waals surface area contributed by atoms with E-state index in [2.05, 4.69) is 6.58 Å². The van der Waals surface area contributed by atoms with Gasteiger partial charge in [0.1, 0.15) is 0 Å². The number of aliphatic hydroxyl groups excluding tert-OH is 1. The van der Waals surface area contributed by atoms with E-state index in [-0.39, 0.29) is 0 Å². The third kappa shape index (κ3) is 3.98. The Morgan fingerprint density at radius 1 is 1.78 bits per heavy atom. The maximum absolute atomic E-state index is 9.35. The van der Waals surface area contributed by atoms with Crippen LogP contribution in [-0.2, 0) is 0 Å². The van der Waals surface area contributed by atoms with Gasteiger partial charge in [-0.2, -0.15) is 0 Å². The first-order chi connectivity index (χ1) is 6.46. The van der Waals surface area contributed by atoms with Crippen molar-refractivity contribution in [1.82, 2.24) is 0 Å². The molecule has 0 saturated carbocycles. The molecule has 1 N–H and O–H groups in total. The van der Waals surface area contributed by atoms with Crippen molar-refractivity contribution in [3.63, 3.8) is 0 Å². The van der Waals surface area contributed by atoms with Crippen molar-refractivity contribution in [2.24, 2.45) is 0 Å². The molecule has 0 saturated heterocycles. The van der Waals surface area contributed by atoms with Crippen LogP contribution in [0.15, 0.2) is 23.8 Å². The van der Waals surface area contributed by atoms with E-state index in [4.69, 9.17) is 8.22 Å². The summed E-state index contributed by atoms with van der Waals surface area (Å²) >= 11 is 0. The molecule has 0 radical (unpaired) electrons. The molecule has 0 rings (SSSR count). The highest BCUT2D eigenvalue weighted by atomic mass is 16.3. The summed E-state index contributed by atoms with van der Waals surface area (Å²) in [5, 5.41) is 9.35. The molecule has 0 bridgehead atoms. The number of allylic oxidation sites excluding steroid dienone is 1. The molecule has 52 valence electrons. The quantitative estimate of drug-likeness (QED) is 0.569. The molecule has 0 heterocycles. The molecule has 0 aliphatic carbocycles. The average molecular weight is 132 g/mol. The molecule has 1 atom stereocenters. The molecular formula is C8H14O. The summed E-state index contributed by atoms with van der Waals surface area (Å²) in [5.41, 5.74) is -0.438. The van der Waals surface area contributed by atoms with E-state index in [1.165, 1.54) is 6.92 Å².